The van der Waals surface area contributed by atoms with Crippen molar-refractivity contribution in [3.05, 3.63) is 42.0 Å². The Balaban J connectivity index is 2.72. The van der Waals surface area contributed by atoms with Crippen LogP contribution in [0.3, 0.4) is 0 Å². The molecule has 0 fully saturated rings. The van der Waals surface area contributed by atoms with E-state index in [1.54, 1.807) is 11.8 Å². The molecule has 0 spiro atoms. The number of aliphatic hydroxyl groups is 1. The molecule has 0 unspecified atom stereocenters. The number of hydrogen-bond acceptors (Lipinski definition) is 2. The maximum Gasteiger partial charge on any atom is 0.0669 e. The summed E-state index contributed by atoms with van der Waals surface area (Å²) in [5.74, 6) is 0. The summed E-state index contributed by atoms with van der Waals surface area (Å²) in [5, 5.41) is 9.79. The van der Waals surface area contributed by atoms with Crippen LogP contribution in [-0.2, 0) is 0 Å². The predicted octanol–water partition coefficient (Wildman–Crippen LogP) is 3.49. The SMILES string of the molecule is CC(C)=C[C@@H](Sc1ccccc1)[C@@H](C)O. The van der Waals surface area contributed by atoms with Crippen LogP contribution in [0.15, 0.2) is 46.9 Å². The van der Waals surface area contributed by atoms with Gasteiger partial charge in [0.2, 0.25) is 0 Å². The minimum absolute atomic E-state index is 0.136. The fourth-order valence-corrected chi connectivity index (χ4v) is 2.42. The molecule has 0 heterocycles. The summed E-state index contributed by atoms with van der Waals surface area (Å²) < 4.78 is 0. The highest BCUT2D eigenvalue weighted by atomic mass is 32.2. The minimum atomic E-state index is -0.329. The maximum absolute atomic E-state index is 9.66. The first-order valence-electron chi connectivity index (χ1n) is 5.14. The molecule has 2 heteroatoms. The highest BCUT2D eigenvalue weighted by Gasteiger charge is 2.13. The Bertz CT molecular complexity index is 313. The molecular formula is C13H18OS. The smallest absolute Gasteiger partial charge is 0.0669 e. The molecule has 82 valence electrons. The normalized spacial score (nSPS) is 14.4. The number of allylic oxidation sites excluding steroid dienone is 1. The van der Waals surface area contributed by atoms with E-state index in [0.29, 0.717) is 0 Å². The summed E-state index contributed by atoms with van der Waals surface area (Å²) in [6, 6.07) is 10.2. The average Bonchev–Trinajstić information content (AvgIpc) is 2.17. The van der Waals surface area contributed by atoms with Crippen LogP contribution in [0.25, 0.3) is 0 Å². The van der Waals surface area contributed by atoms with Crippen molar-refractivity contribution in [1.82, 2.24) is 0 Å². The molecule has 0 aliphatic heterocycles. The van der Waals surface area contributed by atoms with Crippen molar-refractivity contribution in [1.29, 1.82) is 0 Å². The summed E-state index contributed by atoms with van der Waals surface area (Å²) in [6.45, 7) is 5.95. The van der Waals surface area contributed by atoms with Crippen LogP contribution in [0.5, 0.6) is 0 Å². The highest BCUT2D eigenvalue weighted by Crippen LogP contribution is 2.26. The summed E-state index contributed by atoms with van der Waals surface area (Å²) in [7, 11) is 0. The van der Waals surface area contributed by atoms with E-state index in [0.717, 1.165) is 0 Å². The first-order chi connectivity index (χ1) is 7.09. The molecule has 2 atom stereocenters. The van der Waals surface area contributed by atoms with Gasteiger partial charge in [-0.1, -0.05) is 29.8 Å². The quantitative estimate of drug-likeness (QED) is 0.621. The van der Waals surface area contributed by atoms with Crippen LogP contribution in [0, 0.1) is 0 Å². The fourth-order valence-electron chi connectivity index (χ4n) is 1.26. The molecule has 0 radical (unpaired) electrons. The van der Waals surface area contributed by atoms with Crippen LogP contribution >= 0.6 is 11.8 Å². The Morgan fingerprint density at radius 3 is 2.33 bits per heavy atom. The van der Waals surface area contributed by atoms with Gasteiger partial charge in [0.15, 0.2) is 0 Å². The molecule has 0 bridgehead atoms. The minimum Gasteiger partial charge on any atom is -0.392 e. The third kappa shape index (κ3) is 4.54. The molecule has 0 saturated heterocycles. The van der Waals surface area contributed by atoms with Gasteiger partial charge in [-0.25, -0.2) is 0 Å². The van der Waals surface area contributed by atoms with Crippen LogP contribution in [0.1, 0.15) is 20.8 Å². The Hall–Kier alpha value is -0.730. The Kier molecular flexibility index (Phi) is 4.92. The number of hydrogen-bond donors (Lipinski definition) is 1. The van der Waals surface area contributed by atoms with Crippen molar-refractivity contribution in [3.63, 3.8) is 0 Å². The van der Waals surface area contributed by atoms with Gasteiger partial charge in [0.25, 0.3) is 0 Å². The first kappa shape index (κ1) is 12.3. The first-order valence-corrected chi connectivity index (χ1v) is 6.02. The van der Waals surface area contributed by atoms with E-state index >= 15 is 0 Å². The Labute approximate surface area is 96.2 Å². The predicted molar refractivity (Wildman–Crippen MR) is 67.2 cm³/mol. The monoisotopic (exact) mass is 222 g/mol. The molecule has 1 aromatic rings. The van der Waals surface area contributed by atoms with Gasteiger partial charge in [-0.3, -0.25) is 0 Å². The van der Waals surface area contributed by atoms with Crippen molar-refractivity contribution in [2.75, 3.05) is 0 Å². The van der Waals surface area contributed by atoms with E-state index in [1.165, 1.54) is 10.5 Å². The molecule has 0 saturated carbocycles. The topological polar surface area (TPSA) is 20.2 Å². The standard InChI is InChI=1S/C13H18OS/c1-10(2)9-13(11(3)14)15-12-7-5-4-6-8-12/h4-9,11,13-14H,1-3H3/t11-,13-/m1/s1. The molecule has 1 N–H and O–H groups in total. The van der Waals surface area contributed by atoms with Crippen molar-refractivity contribution < 1.29 is 5.11 Å². The van der Waals surface area contributed by atoms with Gasteiger partial charge in [-0.05, 0) is 32.9 Å². The second-order valence-corrected chi connectivity index (χ2v) is 5.13. The van der Waals surface area contributed by atoms with Crippen LogP contribution in [0.4, 0.5) is 0 Å². The van der Waals surface area contributed by atoms with E-state index in [9.17, 15) is 5.11 Å². The zero-order valence-corrected chi connectivity index (χ0v) is 10.3. The van der Waals surface area contributed by atoms with Crippen LogP contribution < -0.4 is 0 Å². The van der Waals surface area contributed by atoms with Gasteiger partial charge in [-0.2, -0.15) is 0 Å². The third-order valence-electron chi connectivity index (χ3n) is 1.99. The van der Waals surface area contributed by atoms with Crippen molar-refractivity contribution in [2.45, 2.75) is 37.0 Å². The van der Waals surface area contributed by atoms with E-state index in [4.69, 9.17) is 0 Å². The van der Waals surface area contributed by atoms with Gasteiger partial charge in [0.05, 0.1) is 11.4 Å². The molecule has 0 aliphatic carbocycles. The summed E-state index contributed by atoms with van der Waals surface area (Å²) >= 11 is 1.70. The van der Waals surface area contributed by atoms with Crippen molar-refractivity contribution >= 4 is 11.8 Å². The van der Waals surface area contributed by atoms with E-state index in [2.05, 4.69) is 32.1 Å². The van der Waals surface area contributed by atoms with E-state index in [1.807, 2.05) is 25.1 Å². The molecule has 1 nitrogen and oxygen atoms in total. The summed E-state index contributed by atoms with van der Waals surface area (Å²) in [6.07, 6.45) is 1.78. The van der Waals surface area contributed by atoms with Crippen LogP contribution in [0.2, 0.25) is 0 Å². The lowest BCUT2D eigenvalue weighted by Crippen LogP contribution is -2.17. The number of thioether (sulfide) groups is 1. The molecule has 0 aromatic heterocycles. The second kappa shape index (κ2) is 5.99. The molecule has 15 heavy (non-hydrogen) atoms. The Morgan fingerprint density at radius 2 is 1.87 bits per heavy atom. The van der Waals surface area contributed by atoms with E-state index < -0.39 is 0 Å². The van der Waals surface area contributed by atoms with Crippen molar-refractivity contribution in [3.8, 4) is 0 Å². The van der Waals surface area contributed by atoms with Gasteiger partial charge >= 0.3 is 0 Å². The molecule has 1 rings (SSSR count). The maximum atomic E-state index is 9.66. The number of aliphatic hydroxyl groups excluding tert-OH is 1. The lowest BCUT2D eigenvalue weighted by molar-refractivity contribution is 0.203. The highest BCUT2D eigenvalue weighted by molar-refractivity contribution is 8.00. The Morgan fingerprint density at radius 1 is 1.27 bits per heavy atom. The van der Waals surface area contributed by atoms with Gasteiger partial charge < -0.3 is 5.11 Å². The second-order valence-electron chi connectivity index (χ2n) is 3.88. The zero-order chi connectivity index (χ0) is 11.3. The molecule has 1 aromatic carbocycles. The van der Waals surface area contributed by atoms with Crippen LogP contribution in [-0.4, -0.2) is 16.5 Å². The summed E-state index contributed by atoms with van der Waals surface area (Å²) in [4.78, 5) is 1.20. The summed E-state index contributed by atoms with van der Waals surface area (Å²) in [5.41, 5.74) is 1.24. The van der Waals surface area contributed by atoms with Crippen molar-refractivity contribution in [2.24, 2.45) is 0 Å². The molecular weight excluding hydrogens is 204 g/mol. The third-order valence-corrected chi connectivity index (χ3v) is 3.33. The van der Waals surface area contributed by atoms with Gasteiger partial charge in [0, 0.05) is 4.90 Å². The average molecular weight is 222 g/mol. The largest absolute Gasteiger partial charge is 0.392 e. The lowest BCUT2D eigenvalue weighted by atomic mass is 10.2. The van der Waals surface area contributed by atoms with Gasteiger partial charge in [-0.15, -0.1) is 11.8 Å². The zero-order valence-electron chi connectivity index (χ0n) is 9.47. The fraction of sp³-hybridized carbons (Fsp3) is 0.385. The van der Waals surface area contributed by atoms with E-state index in [-0.39, 0.29) is 11.4 Å². The molecule has 0 amide bonds. The molecule has 0 aliphatic rings. The van der Waals surface area contributed by atoms with Gasteiger partial charge in [0.1, 0.15) is 0 Å². The number of rotatable bonds is 4. The lowest BCUT2D eigenvalue weighted by Gasteiger charge is -2.16. The number of benzene rings is 1.